The summed E-state index contributed by atoms with van der Waals surface area (Å²) in [6.45, 7) is 1.74. The number of hydrogen-bond acceptors (Lipinski definition) is 3. The minimum Gasteiger partial charge on any atom is -0.465 e. The van der Waals surface area contributed by atoms with Crippen molar-refractivity contribution >= 4 is 23.4 Å². The summed E-state index contributed by atoms with van der Waals surface area (Å²) in [7, 11) is 0. The summed E-state index contributed by atoms with van der Waals surface area (Å²) in [4.78, 5) is 23.5. The van der Waals surface area contributed by atoms with Gasteiger partial charge in [0.2, 0.25) is 0 Å². The monoisotopic (exact) mass is 252 g/mol. The molecule has 0 aromatic heterocycles. The van der Waals surface area contributed by atoms with Crippen LogP contribution in [-0.4, -0.2) is 18.4 Å². The van der Waals surface area contributed by atoms with Crippen LogP contribution in [0.5, 0.6) is 0 Å². The van der Waals surface area contributed by atoms with E-state index in [1.54, 1.807) is 6.07 Å². The van der Waals surface area contributed by atoms with Gasteiger partial charge in [0.05, 0.1) is 6.61 Å². The Balaban J connectivity index is 2.35. The molecule has 1 aliphatic rings. The first-order valence-electron chi connectivity index (χ1n) is 5.48. The predicted molar refractivity (Wildman–Crippen MR) is 63.8 cm³/mol. The Labute approximate surface area is 105 Å². The molecular formula is C13H13ClO3. The van der Waals surface area contributed by atoms with Crippen LogP contribution in [0, 0.1) is 5.41 Å². The lowest BCUT2D eigenvalue weighted by atomic mass is 9.77. The van der Waals surface area contributed by atoms with Crippen LogP contribution in [0.1, 0.15) is 18.9 Å². The first-order chi connectivity index (χ1) is 8.06. The zero-order valence-corrected chi connectivity index (χ0v) is 10.3. The van der Waals surface area contributed by atoms with Crippen LogP contribution in [0.3, 0.4) is 0 Å². The zero-order valence-electron chi connectivity index (χ0n) is 9.53. The fourth-order valence-electron chi connectivity index (χ4n) is 2.13. The van der Waals surface area contributed by atoms with Gasteiger partial charge in [-0.3, -0.25) is 9.59 Å². The second-order valence-electron chi connectivity index (χ2n) is 4.29. The zero-order chi connectivity index (χ0) is 12.5. The van der Waals surface area contributed by atoms with Gasteiger partial charge in [0.25, 0.3) is 0 Å². The SMILES string of the molecule is CC(=O)C1(Cc2ccccc2Cl)CCOC1=O. The van der Waals surface area contributed by atoms with Gasteiger partial charge in [-0.05, 0) is 25.0 Å². The first-order valence-corrected chi connectivity index (χ1v) is 5.86. The fraction of sp³-hybridized carbons (Fsp3) is 0.385. The highest BCUT2D eigenvalue weighted by molar-refractivity contribution is 6.31. The number of carbonyl (C=O) groups excluding carboxylic acids is 2. The number of benzene rings is 1. The van der Waals surface area contributed by atoms with Crippen molar-refractivity contribution in [3.63, 3.8) is 0 Å². The molecule has 0 amide bonds. The number of hydrogen-bond donors (Lipinski definition) is 0. The maximum absolute atomic E-state index is 11.8. The molecule has 1 atom stereocenters. The van der Waals surface area contributed by atoms with E-state index in [0.717, 1.165) is 5.56 Å². The second kappa shape index (κ2) is 4.49. The Morgan fingerprint density at radius 1 is 1.47 bits per heavy atom. The molecular weight excluding hydrogens is 240 g/mol. The van der Waals surface area contributed by atoms with Crippen molar-refractivity contribution in [3.05, 3.63) is 34.9 Å². The van der Waals surface area contributed by atoms with Gasteiger partial charge in [0, 0.05) is 11.4 Å². The topological polar surface area (TPSA) is 43.4 Å². The Bertz CT molecular complexity index is 469. The third-order valence-electron chi connectivity index (χ3n) is 3.28. The summed E-state index contributed by atoms with van der Waals surface area (Å²) >= 11 is 6.05. The van der Waals surface area contributed by atoms with Crippen LogP contribution in [-0.2, 0) is 20.7 Å². The van der Waals surface area contributed by atoms with Crippen LogP contribution >= 0.6 is 11.6 Å². The molecule has 3 nitrogen and oxygen atoms in total. The lowest BCUT2D eigenvalue weighted by Gasteiger charge is -2.21. The highest BCUT2D eigenvalue weighted by Gasteiger charge is 2.48. The molecule has 1 aliphatic heterocycles. The smallest absolute Gasteiger partial charge is 0.320 e. The summed E-state index contributed by atoms with van der Waals surface area (Å²) in [6.07, 6.45) is 0.757. The molecule has 0 N–H and O–H groups in total. The maximum atomic E-state index is 11.8. The van der Waals surface area contributed by atoms with Gasteiger partial charge >= 0.3 is 5.97 Å². The highest BCUT2D eigenvalue weighted by atomic mass is 35.5. The van der Waals surface area contributed by atoms with Crippen LogP contribution in [0.2, 0.25) is 5.02 Å². The van der Waals surface area contributed by atoms with Crippen molar-refractivity contribution in [1.82, 2.24) is 0 Å². The lowest BCUT2D eigenvalue weighted by Crippen LogP contribution is -2.36. The number of cyclic esters (lactones) is 1. The molecule has 0 saturated carbocycles. The van der Waals surface area contributed by atoms with Crippen molar-refractivity contribution in [2.24, 2.45) is 5.41 Å². The van der Waals surface area contributed by atoms with E-state index in [4.69, 9.17) is 16.3 Å². The number of rotatable bonds is 3. The molecule has 17 heavy (non-hydrogen) atoms. The van der Waals surface area contributed by atoms with E-state index >= 15 is 0 Å². The van der Waals surface area contributed by atoms with E-state index in [2.05, 4.69) is 0 Å². The summed E-state index contributed by atoms with van der Waals surface area (Å²) in [5.41, 5.74) is -0.228. The summed E-state index contributed by atoms with van der Waals surface area (Å²) in [6, 6.07) is 7.25. The number of halogens is 1. The fourth-order valence-corrected chi connectivity index (χ4v) is 2.33. The van der Waals surface area contributed by atoms with Crippen molar-refractivity contribution in [1.29, 1.82) is 0 Å². The Morgan fingerprint density at radius 2 is 2.18 bits per heavy atom. The molecule has 0 bridgehead atoms. The van der Waals surface area contributed by atoms with Gasteiger partial charge in [-0.1, -0.05) is 29.8 Å². The van der Waals surface area contributed by atoms with E-state index < -0.39 is 11.4 Å². The largest absolute Gasteiger partial charge is 0.465 e. The number of esters is 1. The standard InChI is InChI=1S/C13H13ClO3/c1-9(15)13(6-7-17-12(13)16)8-10-4-2-3-5-11(10)14/h2-5H,6-8H2,1H3. The van der Waals surface area contributed by atoms with E-state index in [1.165, 1.54) is 6.92 Å². The summed E-state index contributed by atoms with van der Waals surface area (Å²) in [5, 5.41) is 0.577. The minimum atomic E-state index is -1.04. The minimum absolute atomic E-state index is 0.153. The molecule has 4 heteroatoms. The predicted octanol–water partition coefficient (Wildman–Crippen LogP) is 2.40. The average Bonchev–Trinajstić information content (AvgIpc) is 2.65. The van der Waals surface area contributed by atoms with Crippen molar-refractivity contribution in [3.8, 4) is 0 Å². The summed E-state index contributed by atoms with van der Waals surface area (Å²) < 4.78 is 4.94. The Morgan fingerprint density at radius 3 is 2.71 bits per heavy atom. The molecule has 1 saturated heterocycles. The van der Waals surface area contributed by atoms with Crippen molar-refractivity contribution in [2.45, 2.75) is 19.8 Å². The molecule has 1 fully saturated rings. The third kappa shape index (κ3) is 2.07. The molecule has 0 aliphatic carbocycles. The van der Waals surface area contributed by atoms with Crippen molar-refractivity contribution in [2.75, 3.05) is 6.61 Å². The average molecular weight is 253 g/mol. The molecule has 1 unspecified atom stereocenters. The highest BCUT2D eigenvalue weighted by Crippen LogP contribution is 2.36. The van der Waals surface area contributed by atoms with Crippen LogP contribution in [0.4, 0.5) is 0 Å². The Hall–Kier alpha value is -1.35. The number of Topliss-reactive ketones (excluding diaryl/α,β-unsaturated/α-hetero) is 1. The van der Waals surface area contributed by atoms with E-state index in [-0.39, 0.29) is 5.78 Å². The van der Waals surface area contributed by atoms with E-state index in [9.17, 15) is 9.59 Å². The van der Waals surface area contributed by atoms with E-state index in [0.29, 0.717) is 24.5 Å². The lowest BCUT2D eigenvalue weighted by molar-refractivity contribution is -0.150. The normalized spacial score (nSPS) is 23.5. The molecule has 0 radical (unpaired) electrons. The van der Waals surface area contributed by atoms with Gasteiger partial charge < -0.3 is 4.74 Å². The van der Waals surface area contributed by atoms with Crippen LogP contribution in [0.15, 0.2) is 24.3 Å². The summed E-state index contributed by atoms with van der Waals surface area (Å²) in [5.74, 6) is -0.579. The van der Waals surface area contributed by atoms with Crippen LogP contribution in [0.25, 0.3) is 0 Å². The van der Waals surface area contributed by atoms with Crippen LogP contribution < -0.4 is 0 Å². The van der Waals surface area contributed by atoms with Gasteiger partial charge in [-0.2, -0.15) is 0 Å². The number of carbonyl (C=O) groups is 2. The van der Waals surface area contributed by atoms with E-state index in [1.807, 2.05) is 18.2 Å². The van der Waals surface area contributed by atoms with Gasteiger partial charge in [0.15, 0.2) is 0 Å². The quantitative estimate of drug-likeness (QED) is 0.613. The first kappa shape index (κ1) is 12.1. The molecule has 1 aromatic rings. The molecule has 1 heterocycles. The van der Waals surface area contributed by atoms with Crippen molar-refractivity contribution < 1.29 is 14.3 Å². The maximum Gasteiger partial charge on any atom is 0.320 e. The molecule has 1 aromatic carbocycles. The van der Waals surface area contributed by atoms with Gasteiger partial charge in [-0.25, -0.2) is 0 Å². The van der Waals surface area contributed by atoms with Gasteiger partial charge in [-0.15, -0.1) is 0 Å². The third-order valence-corrected chi connectivity index (χ3v) is 3.65. The Kier molecular flexibility index (Phi) is 3.20. The number of ether oxygens (including phenoxy) is 1. The molecule has 2 rings (SSSR count). The molecule has 90 valence electrons. The molecule has 0 spiro atoms. The number of ketones is 1. The second-order valence-corrected chi connectivity index (χ2v) is 4.70. The van der Waals surface area contributed by atoms with Gasteiger partial charge in [0.1, 0.15) is 11.2 Å².